The van der Waals surface area contributed by atoms with Crippen LogP contribution in [0.5, 0.6) is 0 Å². The molecule has 0 amide bonds. The fourth-order valence-electron chi connectivity index (χ4n) is 3.07. The number of nitrogens with zero attached hydrogens (tertiary/aromatic N) is 3. The highest BCUT2D eigenvalue weighted by molar-refractivity contribution is 7.89. The lowest BCUT2D eigenvalue weighted by Crippen LogP contribution is -2.40. The van der Waals surface area contributed by atoms with Crippen molar-refractivity contribution in [2.75, 3.05) is 23.7 Å². The molecule has 140 valence electrons. The van der Waals surface area contributed by atoms with E-state index >= 15 is 0 Å². The maximum absolute atomic E-state index is 12.9. The molecule has 1 saturated heterocycles. The van der Waals surface area contributed by atoms with E-state index in [9.17, 15) is 8.42 Å². The van der Waals surface area contributed by atoms with Crippen LogP contribution in [-0.4, -0.2) is 37.0 Å². The van der Waals surface area contributed by atoms with Gasteiger partial charge in [-0.15, -0.1) is 0 Å². The number of aromatic nitrogens is 2. The van der Waals surface area contributed by atoms with E-state index in [4.69, 9.17) is 5.73 Å². The Morgan fingerprint density at radius 1 is 1.12 bits per heavy atom. The zero-order chi connectivity index (χ0) is 18.9. The van der Waals surface area contributed by atoms with Crippen LogP contribution in [0.15, 0.2) is 35.2 Å². The van der Waals surface area contributed by atoms with Gasteiger partial charge in [-0.2, -0.15) is 4.98 Å². The zero-order valence-corrected chi connectivity index (χ0v) is 16.2. The zero-order valence-electron chi connectivity index (χ0n) is 15.4. The Balaban J connectivity index is 2.08. The number of nitrogens with two attached hydrogens (primary N) is 1. The molecule has 0 spiro atoms. The molecular formula is C18H25N5O2S. The van der Waals surface area contributed by atoms with Gasteiger partial charge in [-0.1, -0.05) is 18.2 Å². The number of nitrogen functional groups attached to an aromatic ring is 1. The van der Waals surface area contributed by atoms with Gasteiger partial charge in [0.05, 0.1) is 10.6 Å². The van der Waals surface area contributed by atoms with Crippen molar-refractivity contribution in [1.82, 2.24) is 14.7 Å². The molecule has 0 atom stereocenters. The molecule has 2 heterocycles. The van der Waals surface area contributed by atoms with E-state index in [-0.39, 0.29) is 10.8 Å². The molecule has 1 aliphatic heterocycles. The summed E-state index contributed by atoms with van der Waals surface area (Å²) in [5.74, 6) is 0.876. The predicted octanol–water partition coefficient (Wildman–Crippen LogP) is 2.40. The number of nitrogens with one attached hydrogen (secondary N) is 1. The van der Waals surface area contributed by atoms with E-state index in [0.717, 1.165) is 31.7 Å². The Morgan fingerprint density at radius 2 is 1.77 bits per heavy atom. The van der Waals surface area contributed by atoms with E-state index in [1.807, 2.05) is 6.07 Å². The minimum absolute atomic E-state index is 0.139. The molecule has 0 saturated carbocycles. The predicted molar refractivity (Wildman–Crippen MR) is 103 cm³/mol. The summed E-state index contributed by atoms with van der Waals surface area (Å²) in [5.41, 5.74) is 6.35. The lowest BCUT2D eigenvalue weighted by atomic mass is 10.1. The van der Waals surface area contributed by atoms with Crippen molar-refractivity contribution in [1.29, 1.82) is 0 Å². The molecule has 7 nitrogen and oxygen atoms in total. The number of hydrogen-bond donors (Lipinski definition) is 2. The Labute approximate surface area is 154 Å². The van der Waals surface area contributed by atoms with Gasteiger partial charge in [-0.05, 0) is 39.7 Å². The summed E-state index contributed by atoms with van der Waals surface area (Å²) in [6.45, 7) is 7.26. The number of sulfonamides is 1. The summed E-state index contributed by atoms with van der Waals surface area (Å²) in [5, 5.41) is 0. The summed E-state index contributed by atoms with van der Waals surface area (Å²) >= 11 is 0. The molecule has 8 heteroatoms. The SMILES string of the molecule is CC(C)(C)NS(=O)(=O)c1ccccc1-c1cc(N2CCCC2)nc(N)n1. The summed E-state index contributed by atoms with van der Waals surface area (Å²) in [7, 11) is -3.71. The maximum atomic E-state index is 12.9. The summed E-state index contributed by atoms with van der Waals surface area (Å²) in [6.07, 6.45) is 2.22. The average Bonchev–Trinajstić information content (AvgIpc) is 3.06. The normalized spacial score (nSPS) is 15.4. The fraction of sp³-hybridized carbons (Fsp3) is 0.444. The first kappa shape index (κ1) is 18.6. The topological polar surface area (TPSA) is 101 Å². The molecule has 2 aromatic rings. The largest absolute Gasteiger partial charge is 0.368 e. The Hall–Kier alpha value is -2.19. The second kappa shape index (κ2) is 6.85. The second-order valence-corrected chi connectivity index (χ2v) is 9.17. The molecule has 0 unspecified atom stereocenters. The minimum Gasteiger partial charge on any atom is -0.368 e. The van der Waals surface area contributed by atoms with Crippen molar-refractivity contribution in [3.05, 3.63) is 30.3 Å². The first-order valence-electron chi connectivity index (χ1n) is 8.69. The third-order valence-corrected chi connectivity index (χ3v) is 5.87. The van der Waals surface area contributed by atoms with Crippen molar-refractivity contribution in [2.24, 2.45) is 0 Å². The summed E-state index contributed by atoms with van der Waals surface area (Å²) < 4.78 is 28.4. The van der Waals surface area contributed by atoms with E-state index in [2.05, 4.69) is 19.6 Å². The van der Waals surface area contributed by atoms with Gasteiger partial charge < -0.3 is 10.6 Å². The molecule has 1 aromatic carbocycles. The number of rotatable bonds is 4. The molecule has 1 aromatic heterocycles. The molecule has 1 fully saturated rings. The van der Waals surface area contributed by atoms with Crippen LogP contribution < -0.4 is 15.4 Å². The quantitative estimate of drug-likeness (QED) is 0.851. The van der Waals surface area contributed by atoms with E-state index < -0.39 is 15.6 Å². The highest BCUT2D eigenvalue weighted by Gasteiger charge is 2.26. The number of anilines is 2. The van der Waals surface area contributed by atoms with Gasteiger partial charge in [0.25, 0.3) is 0 Å². The molecule has 0 bridgehead atoms. The Kier molecular flexibility index (Phi) is 4.90. The summed E-state index contributed by atoms with van der Waals surface area (Å²) in [6, 6.07) is 8.63. The van der Waals surface area contributed by atoms with Gasteiger partial charge in [0.1, 0.15) is 5.82 Å². The van der Waals surface area contributed by atoms with Crippen LogP contribution in [0.2, 0.25) is 0 Å². The molecule has 0 radical (unpaired) electrons. The first-order chi connectivity index (χ1) is 12.2. The second-order valence-electron chi connectivity index (χ2n) is 7.52. The van der Waals surface area contributed by atoms with E-state index in [1.165, 1.54) is 0 Å². The van der Waals surface area contributed by atoms with Crippen molar-refractivity contribution < 1.29 is 8.42 Å². The van der Waals surface area contributed by atoms with Crippen LogP contribution >= 0.6 is 0 Å². The third-order valence-electron chi connectivity index (χ3n) is 4.05. The van der Waals surface area contributed by atoms with Crippen LogP contribution in [0, 0.1) is 0 Å². The van der Waals surface area contributed by atoms with E-state index in [0.29, 0.717) is 11.3 Å². The molecule has 3 N–H and O–H groups in total. The van der Waals surface area contributed by atoms with Crippen LogP contribution in [0.1, 0.15) is 33.6 Å². The van der Waals surface area contributed by atoms with Gasteiger partial charge in [0.15, 0.2) is 0 Å². The van der Waals surface area contributed by atoms with E-state index in [1.54, 1.807) is 45.0 Å². The van der Waals surface area contributed by atoms with Crippen LogP contribution in [-0.2, 0) is 10.0 Å². The van der Waals surface area contributed by atoms with Crippen molar-refractivity contribution in [2.45, 2.75) is 44.0 Å². The molecule has 1 aliphatic rings. The number of benzene rings is 1. The van der Waals surface area contributed by atoms with Gasteiger partial charge in [-0.25, -0.2) is 18.1 Å². The maximum Gasteiger partial charge on any atom is 0.241 e. The van der Waals surface area contributed by atoms with Crippen LogP contribution in [0.25, 0.3) is 11.3 Å². The lowest BCUT2D eigenvalue weighted by Gasteiger charge is -2.22. The molecule has 26 heavy (non-hydrogen) atoms. The fourth-order valence-corrected chi connectivity index (χ4v) is 4.71. The summed E-state index contributed by atoms with van der Waals surface area (Å²) in [4.78, 5) is 10.9. The van der Waals surface area contributed by atoms with Crippen LogP contribution in [0.4, 0.5) is 11.8 Å². The van der Waals surface area contributed by atoms with Crippen molar-refractivity contribution >= 4 is 21.8 Å². The highest BCUT2D eigenvalue weighted by Crippen LogP contribution is 2.30. The lowest BCUT2D eigenvalue weighted by molar-refractivity contribution is 0.491. The Bertz CT molecular complexity index is 900. The minimum atomic E-state index is -3.71. The standard InChI is InChI=1S/C18H25N5O2S/c1-18(2,3)22-26(24,25)15-9-5-4-8-13(15)14-12-16(21-17(19)20-14)23-10-6-7-11-23/h4-5,8-9,12,22H,6-7,10-11H2,1-3H3,(H2,19,20,21). The van der Waals surface area contributed by atoms with Gasteiger partial charge in [-0.3, -0.25) is 0 Å². The van der Waals surface area contributed by atoms with Gasteiger partial charge >= 0.3 is 0 Å². The smallest absolute Gasteiger partial charge is 0.241 e. The van der Waals surface area contributed by atoms with Crippen molar-refractivity contribution in [3.8, 4) is 11.3 Å². The van der Waals surface area contributed by atoms with Gasteiger partial charge in [0.2, 0.25) is 16.0 Å². The van der Waals surface area contributed by atoms with Crippen molar-refractivity contribution in [3.63, 3.8) is 0 Å². The highest BCUT2D eigenvalue weighted by atomic mass is 32.2. The molecular weight excluding hydrogens is 350 g/mol. The monoisotopic (exact) mass is 375 g/mol. The third kappa shape index (κ3) is 4.13. The molecule has 3 rings (SSSR count). The first-order valence-corrected chi connectivity index (χ1v) is 10.2. The van der Waals surface area contributed by atoms with Crippen LogP contribution in [0.3, 0.4) is 0 Å². The Morgan fingerprint density at radius 3 is 2.42 bits per heavy atom. The van der Waals surface area contributed by atoms with Gasteiger partial charge in [0, 0.05) is 30.3 Å². The molecule has 0 aliphatic carbocycles. The average molecular weight is 375 g/mol. The number of hydrogen-bond acceptors (Lipinski definition) is 6.